The van der Waals surface area contributed by atoms with Crippen LogP contribution in [0.4, 0.5) is 5.69 Å². The Morgan fingerprint density at radius 1 is 1.29 bits per heavy atom. The van der Waals surface area contributed by atoms with Gasteiger partial charge in [0.25, 0.3) is 5.69 Å². The fraction of sp³-hybridized carbons (Fsp3) is 0.0769. The van der Waals surface area contributed by atoms with Crippen LogP contribution >= 0.6 is 11.6 Å². The molecule has 3 aromatic rings. The van der Waals surface area contributed by atoms with E-state index in [1.165, 1.54) is 17.0 Å². The van der Waals surface area contributed by atoms with Gasteiger partial charge in [0, 0.05) is 17.2 Å². The molecule has 106 valence electrons. The highest BCUT2D eigenvalue weighted by molar-refractivity contribution is 6.31. The predicted molar refractivity (Wildman–Crippen MR) is 75.9 cm³/mol. The second-order valence-corrected chi connectivity index (χ2v) is 4.73. The van der Waals surface area contributed by atoms with E-state index in [9.17, 15) is 10.1 Å². The maximum atomic E-state index is 10.7. The van der Waals surface area contributed by atoms with Crippen LogP contribution in [0, 0.1) is 10.1 Å². The lowest BCUT2D eigenvalue weighted by Crippen LogP contribution is -2.12. The summed E-state index contributed by atoms with van der Waals surface area (Å²) in [7, 11) is 0. The van der Waals surface area contributed by atoms with Crippen LogP contribution in [-0.2, 0) is 6.61 Å². The normalized spacial score (nSPS) is 10.7. The summed E-state index contributed by atoms with van der Waals surface area (Å²) >= 11 is 5.92. The molecular formula is C13H9ClN4O3. The van der Waals surface area contributed by atoms with Crippen molar-refractivity contribution in [1.82, 2.24) is 15.2 Å². The summed E-state index contributed by atoms with van der Waals surface area (Å²) in [6, 6.07) is 11.3. The molecule has 0 saturated carbocycles. The first-order valence-corrected chi connectivity index (χ1v) is 6.39. The molecule has 0 radical (unpaired) electrons. The van der Waals surface area contributed by atoms with E-state index >= 15 is 0 Å². The standard InChI is InChI=1S/C13H9ClN4O3/c14-10-4-5-12-13(7-10)17(16-15-12)21-8-9-2-1-3-11(6-9)18(19)20/h1-7H,8H2. The first kappa shape index (κ1) is 13.3. The van der Waals surface area contributed by atoms with Crippen LogP contribution in [0.2, 0.25) is 5.02 Å². The van der Waals surface area contributed by atoms with E-state index in [0.29, 0.717) is 21.6 Å². The fourth-order valence-electron chi connectivity index (χ4n) is 1.86. The highest BCUT2D eigenvalue weighted by atomic mass is 35.5. The Hall–Kier alpha value is -2.67. The van der Waals surface area contributed by atoms with Gasteiger partial charge in [-0.1, -0.05) is 28.6 Å². The maximum absolute atomic E-state index is 10.7. The molecule has 2 aromatic carbocycles. The second-order valence-electron chi connectivity index (χ2n) is 4.30. The number of nitrogens with zero attached hydrogens (tertiary/aromatic N) is 4. The third-order valence-electron chi connectivity index (χ3n) is 2.85. The molecule has 0 atom stereocenters. The van der Waals surface area contributed by atoms with Gasteiger partial charge in [0.15, 0.2) is 0 Å². The molecule has 0 saturated heterocycles. The number of benzene rings is 2. The van der Waals surface area contributed by atoms with Crippen LogP contribution in [0.25, 0.3) is 11.0 Å². The van der Waals surface area contributed by atoms with E-state index in [0.717, 1.165) is 0 Å². The SMILES string of the molecule is O=[N+]([O-])c1cccc(COn2nnc3ccc(Cl)cc32)c1. The lowest BCUT2D eigenvalue weighted by atomic mass is 10.2. The van der Waals surface area contributed by atoms with Crippen LogP contribution < -0.4 is 4.84 Å². The van der Waals surface area contributed by atoms with Gasteiger partial charge in [0.05, 0.1) is 4.92 Å². The molecule has 0 spiro atoms. The number of halogens is 1. The first-order valence-electron chi connectivity index (χ1n) is 6.01. The summed E-state index contributed by atoms with van der Waals surface area (Å²) in [5, 5.41) is 19.1. The van der Waals surface area contributed by atoms with Gasteiger partial charge in [0.1, 0.15) is 17.6 Å². The third-order valence-corrected chi connectivity index (χ3v) is 3.09. The molecule has 1 heterocycles. The molecule has 0 aliphatic rings. The summed E-state index contributed by atoms with van der Waals surface area (Å²) in [6.07, 6.45) is 0. The quantitative estimate of drug-likeness (QED) is 0.546. The Bertz CT molecular complexity index is 818. The Balaban J connectivity index is 1.82. The number of fused-ring (bicyclic) bond motifs is 1. The Morgan fingerprint density at radius 3 is 2.95 bits per heavy atom. The zero-order valence-electron chi connectivity index (χ0n) is 10.6. The van der Waals surface area contributed by atoms with Crippen molar-refractivity contribution in [2.75, 3.05) is 0 Å². The molecular weight excluding hydrogens is 296 g/mol. The summed E-state index contributed by atoms with van der Waals surface area (Å²) in [5.41, 5.74) is 1.96. The lowest BCUT2D eigenvalue weighted by molar-refractivity contribution is -0.384. The van der Waals surface area contributed by atoms with E-state index in [4.69, 9.17) is 16.4 Å². The van der Waals surface area contributed by atoms with Crippen molar-refractivity contribution in [2.45, 2.75) is 6.61 Å². The minimum absolute atomic E-state index is 0.0163. The zero-order chi connectivity index (χ0) is 14.8. The van der Waals surface area contributed by atoms with Gasteiger partial charge in [-0.15, -0.1) is 5.10 Å². The predicted octanol–water partition coefficient (Wildman–Crippen LogP) is 2.62. The van der Waals surface area contributed by atoms with Crippen molar-refractivity contribution >= 4 is 28.3 Å². The summed E-state index contributed by atoms with van der Waals surface area (Å²) in [5.74, 6) is 0. The number of rotatable bonds is 4. The molecule has 8 heteroatoms. The molecule has 3 rings (SSSR count). The number of nitro groups is 1. The molecule has 0 fully saturated rings. The van der Waals surface area contributed by atoms with Gasteiger partial charge in [0.2, 0.25) is 0 Å². The molecule has 21 heavy (non-hydrogen) atoms. The van der Waals surface area contributed by atoms with Gasteiger partial charge in [-0.25, -0.2) is 0 Å². The number of aromatic nitrogens is 3. The average Bonchev–Trinajstić information content (AvgIpc) is 2.87. The first-order chi connectivity index (χ1) is 10.1. The molecule has 1 aromatic heterocycles. The molecule has 0 amide bonds. The van der Waals surface area contributed by atoms with E-state index in [2.05, 4.69) is 10.3 Å². The van der Waals surface area contributed by atoms with Crippen molar-refractivity contribution in [1.29, 1.82) is 0 Å². The number of nitro benzene ring substituents is 1. The Kier molecular flexibility index (Phi) is 3.41. The smallest absolute Gasteiger partial charge is 0.269 e. The van der Waals surface area contributed by atoms with E-state index < -0.39 is 4.92 Å². The van der Waals surface area contributed by atoms with Crippen molar-refractivity contribution in [3.8, 4) is 0 Å². The number of hydrogen-bond donors (Lipinski definition) is 0. The summed E-state index contributed by atoms with van der Waals surface area (Å²) in [6.45, 7) is 0.132. The van der Waals surface area contributed by atoms with Crippen molar-refractivity contribution in [2.24, 2.45) is 0 Å². The van der Waals surface area contributed by atoms with Crippen LogP contribution in [0.1, 0.15) is 5.56 Å². The van der Waals surface area contributed by atoms with Gasteiger partial charge >= 0.3 is 0 Å². The zero-order valence-corrected chi connectivity index (χ0v) is 11.4. The van der Waals surface area contributed by atoms with Crippen LogP contribution in [0.15, 0.2) is 42.5 Å². The Labute approximate surface area is 123 Å². The van der Waals surface area contributed by atoms with Crippen molar-refractivity contribution in [3.63, 3.8) is 0 Å². The molecule has 0 N–H and O–H groups in total. The minimum Gasteiger partial charge on any atom is -0.390 e. The molecule has 7 nitrogen and oxygen atoms in total. The average molecular weight is 305 g/mol. The molecule has 0 bridgehead atoms. The van der Waals surface area contributed by atoms with Crippen molar-refractivity contribution in [3.05, 3.63) is 63.2 Å². The van der Waals surface area contributed by atoms with E-state index in [1.54, 1.807) is 30.3 Å². The van der Waals surface area contributed by atoms with E-state index in [-0.39, 0.29) is 12.3 Å². The van der Waals surface area contributed by atoms with Crippen LogP contribution in [0.3, 0.4) is 0 Å². The molecule has 0 aliphatic carbocycles. The van der Waals surface area contributed by atoms with Gasteiger partial charge in [-0.3, -0.25) is 10.1 Å². The molecule has 0 aliphatic heterocycles. The van der Waals surface area contributed by atoms with Crippen LogP contribution in [0.5, 0.6) is 0 Å². The Morgan fingerprint density at radius 2 is 2.14 bits per heavy atom. The minimum atomic E-state index is -0.450. The number of non-ortho nitro benzene ring substituents is 1. The maximum Gasteiger partial charge on any atom is 0.269 e. The molecule has 0 unspecified atom stereocenters. The van der Waals surface area contributed by atoms with Gasteiger partial charge in [-0.2, -0.15) is 0 Å². The summed E-state index contributed by atoms with van der Waals surface area (Å²) < 4.78 is 0. The van der Waals surface area contributed by atoms with E-state index in [1.807, 2.05) is 0 Å². The van der Waals surface area contributed by atoms with Crippen LogP contribution in [-0.4, -0.2) is 20.1 Å². The van der Waals surface area contributed by atoms with Crippen molar-refractivity contribution < 1.29 is 9.76 Å². The summed E-state index contributed by atoms with van der Waals surface area (Å²) in [4.78, 5) is 17.0. The fourth-order valence-corrected chi connectivity index (χ4v) is 2.03. The lowest BCUT2D eigenvalue weighted by Gasteiger charge is -2.05. The topological polar surface area (TPSA) is 83.1 Å². The monoisotopic (exact) mass is 304 g/mol. The second kappa shape index (κ2) is 5.37. The van der Waals surface area contributed by atoms with Gasteiger partial charge < -0.3 is 4.84 Å². The highest BCUT2D eigenvalue weighted by Crippen LogP contribution is 2.17. The highest BCUT2D eigenvalue weighted by Gasteiger charge is 2.08. The third kappa shape index (κ3) is 2.77. The van der Waals surface area contributed by atoms with Gasteiger partial charge in [-0.05, 0) is 29.0 Å². The number of hydrogen-bond acceptors (Lipinski definition) is 5. The largest absolute Gasteiger partial charge is 0.390 e.